The van der Waals surface area contributed by atoms with Gasteiger partial charge in [-0.2, -0.15) is 0 Å². The van der Waals surface area contributed by atoms with Gasteiger partial charge in [0.25, 0.3) is 0 Å². The highest BCUT2D eigenvalue weighted by molar-refractivity contribution is 7.10. The van der Waals surface area contributed by atoms with Crippen molar-refractivity contribution in [3.05, 3.63) is 44.8 Å². The molecule has 1 N–H and O–H groups in total. The van der Waals surface area contributed by atoms with Gasteiger partial charge in [0.2, 0.25) is 0 Å². The third-order valence-corrected chi connectivity index (χ3v) is 5.45. The Bertz CT molecular complexity index is 458. The van der Waals surface area contributed by atoms with Gasteiger partial charge in [0.05, 0.1) is 6.04 Å². The summed E-state index contributed by atoms with van der Waals surface area (Å²) in [7, 11) is 0. The minimum absolute atomic E-state index is 0.428. The Labute approximate surface area is 123 Å². The molecule has 1 aliphatic heterocycles. The second kappa shape index (κ2) is 6.66. The van der Waals surface area contributed by atoms with Crippen molar-refractivity contribution in [3.63, 3.8) is 0 Å². The predicted octanol–water partition coefficient (Wildman–Crippen LogP) is 4.08. The van der Waals surface area contributed by atoms with E-state index in [1.165, 1.54) is 42.1 Å². The molecule has 0 spiro atoms. The summed E-state index contributed by atoms with van der Waals surface area (Å²) in [5.74, 6) is 0. The van der Waals surface area contributed by atoms with Crippen LogP contribution in [0.3, 0.4) is 0 Å². The number of nitrogens with zero attached hydrogens (tertiary/aromatic N) is 1. The van der Waals surface area contributed by atoms with Crippen LogP contribution >= 0.6 is 22.7 Å². The molecule has 102 valence electrons. The van der Waals surface area contributed by atoms with E-state index in [1.807, 2.05) is 22.7 Å². The maximum atomic E-state index is 3.75. The molecule has 19 heavy (non-hydrogen) atoms. The maximum Gasteiger partial charge on any atom is 0.0606 e. The van der Waals surface area contributed by atoms with E-state index in [1.54, 1.807) is 0 Å². The number of hydrazine groups is 1. The molecule has 0 aromatic carbocycles. The number of rotatable bonds is 5. The molecule has 0 aliphatic carbocycles. The van der Waals surface area contributed by atoms with Gasteiger partial charge in [-0.15, -0.1) is 22.7 Å². The molecule has 1 unspecified atom stereocenters. The van der Waals surface area contributed by atoms with Crippen LogP contribution in [-0.2, 0) is 6.42 Å². The summed E-state index contributed by atoms with van der Waals surface area (Å²) >= 11 is 3.71. The molecule has 0 saturated carbocycles. The molecule has 1 fully saturated rings. The number of nitrogens with one attached hydrogen (secondary N) is 1. The van der Waals surface area contributed by atoms with Crippen molar-refractivity contribution in [3.8, 4) is 0 Å². The van der Waals surface area contributed by atoms with E-state index in [0.29, 0.717) is 6.04 Å². The smallest absolute Gasteiger partial charge is 0.0606 e. The fraction of sp³-hybridized carbons (Fsp3) is 0.467. The first-order valence-corrected chi connectivity index (χ1v) is 8.74. The molecule has 2 nitrogen and oxygen atoms in total. The molecule has 1 aliphatic rings. The van der Waals surface area contributed by atoms with E-state index in [-0.39, 0.29) is 0 Å². The van der Waals surface area contributed by atoms with Crippen molar-refractivity contribution in [1.82, 2.24) is 10.4 Å². The number of thiophene rings is 2. The number of hydrogen-bond donors (Lipinski definition) is 1. The van der Waals surface area contributed by atoms with Crippen LogP contribution in [0.1, 0.15) is 35.1 Å². The fourth-order valence-corrected chi connectivity index (χ4v) is 4.10. The van der Waals surface area contributed by atoms with Crippen molar-refractivity contribution in [2.45, 2.75) is 31.7 Å². The van der Waals surface area contributed by atoms with E-state index in [9.17, 15) is 0 Å². The Morgan fingerprint density at radius 2 is 1.84 bits per heavy atom. The average Bonchev–Trinajstić information content (AvgIpc) is 3.12. The zero-order chi connectivity index (χ0) is 12.9. The summed E-state index contributed by atoms with van der Waals surface area (Å²) in [6, 6.07) is 9.21. The molecule has 4 heteroatoms. The van der Waals surface area contributed by atoms with Crippen LogP contribution in [0.2, 0.25) is 0 Å². The first-order chi connectivity index (χ1) is 9.42. The lowest BCUT2D eigenvalue weighted by atomic mass is 10.1. The van der Waals surface area contributed by atoms with Crippen LogP contribution in [-0.4, -0.2) is 18.1 Å². The van der Waals surface area contributed by atoms with Gasteiger partial charge in [-0.05, 0) is 35.7 Å². The van der Waals surface area contributed by atoms with Crippen LogP contribution in [0.25, 0.3) is 0 Å². The Morgan fingerprint density at radius 1 is 1.05 bits per heavy atom. The van der Waals surface area contributed by atoms with Gasteiger partial charge in [0.1, 0.15) is 0 Å². The lowest BCUT2D eigenvalue weighted by Gasteiger charge is -2.31. The Balaban J connectivity index is 1.68. The Morgan fingerprint density at radius 3 is 2.53 bits per heavy atom. The lowest BCUT2D eigenvalue weighted by Crippen LogP contribution is -2.44. The topological polar surface area (TPSA) is 15.3 Å². The first-order valence-electron chi connectivity index (χ1n) is 6.99. The second-order valence-corrected chi connectivity index (χ2v) is 7.04. The lowest BCUT2D eigenvalue weighted by molar-refractivity contribution is 0.129. The van der Waals surface area contributed by atoms with Gasteiger partial charge >= 0.3 is 0 Å². The summed E-state index contributed by atoms with van der Waals surface area (Å²) in [5, 5.41) is 6.76. The van der Waals surface area contributed by atoms with Gasteiger partial charge in [-0.25, -0.2) is 10.4 Å². The minimum Gasteiger partial charge on any atom is -0.246 e. The SMILES string of the molecule is c1csc(CC(NN2CCCCC2)c2cccs2)c1. The van der Waals surface area contributed by atoms with Crippen LogP contribution in [0.15, 0.2) is 35.0 Å². The molecule has 0 bridgehead atoms. The van der Waals surface area contributed by atoms with Crippen molar-refractivity contribution < 1.29 is 0 Å². The van der Waals surface area contributed by atoms with Gasteiger partial charge in [-0.1, -0.05) is 18.6 Å². The quantitative estimate of drug-likeness (QED) is 0.893. The van der Waals surface area contributed by atoms with Crippen molar-refractivity contribution in [2.24, 2.45) is 0 Å². The van der Waals surface area contributed by atoms with Crippen molar-refractivity contribution >= 4 is 22.7 Å². The van der Waals surface area contributed by atoms with Gasteiger partial charge in [0, 0.05) is 29.3 Å². The van der Waals surface area contributed by atoms with E-state index in [2.05, 4.69) is 45.5 Å². The fourth-order valence-electron chi connectivity index (χ4n) is 2.57. The summed E-state index contributed by atoms with van der Waals surface area (Å²) in [5.41, 5.74) is 3.75. The monoisotopic (exact) mass is 292 g/mol. The van der Waals surface area contributed by atoms with E-state index >= 15 is 0 Å². The third kappa shape index (κ3) is 3.66. The van der Waals surface area contributed by atoms with Crippen molar-refractivity contribution in [1.29, 1.82) is 0 Å². The van der Waals surface area contributed by atoms with Gasteiger partial charge in [-0.3, -0.25) is 0 Å². The normalized spacial score (nSPS) is 18.5. The zero-order valence-corrected chi connectivity index (χ0v) is 12.7. The zero-order valence-electron chi connectivity index (χ0n) is 11.0. The highest BCUT2D eigenvalue weighted by Gasteiger charge is 2.18. The highest BCUT2D eigenvalue weighted by Crippen LogP contribution is 2.25. The second-order valence-electron chi connectivity index (χ2n) is 5.03. The molecule has 1 atom stereocenters. The van der Waals surface area contributed by atoms with Crippen LogP contribution in [0.5, 0.6) is 0 Å². The average molecular weight is 292 g/mol. The van der Waals surface area contributed by atoms with E-state index in [0.717, 1.165) is 6.42 Å². The van der Waals surface area contributed by atoms with Gasteiger partial charge < -0.3 is 0 Å². The summed E-state index contributed by atoms with van der Waals surface area (Å²) < 4.78 is 0. The Hall–Kier alpha value is -0.680. The standard InChI is InChI=1S/C15H20N2S2/c1-2-8-17(9-3-1)16-14(15-7-5-11-19-15)12-13-6-4-10-18-13/h4-7,10-11,14,16H,1-3,8-9,12H2. The predicted molar refractivity (Wildman–Crippen MR) is 83.6 cm³/mol. The third-order valence-electron chi connectivity index (χ3n) is 3.57. The van der Waals surface area contributed by atoms with Crippen LogP contribution < -0.4 is 5.43 Å². The van der Waals surface area contributed by atoms with E-state index < -0.39 is 0 Å². The Kier molecular flexibility index (Phi) is 4.66. The molecule has 0 radical (unpaired) electrons. The summed E-state index contributed by atoms with van der Waals surface area (Å²) in [6.45, 7) is 2.37. The molecule has 1 saturated heterocycles. The number of piperidine rings is 1. The molecule has 0 amide bonds. The molecule has 3 rings (SSSR count). The van der Waals surface area contributed by atoms with E-state index in [4.69, 9.17) is 0 Å². The first kappa shape index (κ1) is 13.3. The molecule has 2 aromatic heterocycles. The number of hydrogen-bond acceptors (Lipinski definition) is 4. The van der Waals surface area contributed by atoms with Gasteiger partial charge in [0.15, 0.2) is 0 Å². The molecular weight excluding hydrogens is 272 g/mol. The van der Waals surface area contributed by atoms with Crippen LogP contribution in [0, 0.1) is 0 Å². The van der Waals surface area contributed by atoms with Crippen LogP contribution in [0.4, 0.5) is 0 Å². The molecule has 3 heterocycles. The largest absolute Gasteiger partial charge is 0.246 e. The van der Waals surface area contributed by atoms with Crippen molar-refractivity contribution in [2.75, 3.05) is 13.1 Å². The maximum absolute atomic E-state index is 3.75. The summed E-state index contributed by atoms with van der Waals surface area (Å²) in [4.78, 5) is 2.90. The molecular formula is C15H20N2S2. The highest BCUT2D eigenvalue weighted by atomic mass is 32.1. The molecule has 2 aromatic rings. The summed E-state index contributed by atoms with van der Waals surface area (Å²) in [6.07, 6.45) is 5.12. The minimum atomic E-state index is 0.428.